The van der Waals surface area contributed by atoms with Gasteiger partial charge >= 0.3 is 0 Å². The highest BCUT2D eigenvalue weighted by molar-refractivity contribution is 7.89. The molecule has 0 unspecified atom stereocenters. The van der Waals surface area contributed by atoms with Crippen molar-refractivity contribution in [3.05, 3.63) is 30.1 Å². The highest BCUT2D eigenvalue weighted by atomic mass is 32.2. The molecule has 6 heteroatoms. The maximum absolute atomic E-state index is 11.5. The third-order valence-electron chi connectivity index (χ3n) is 2.01. The van der Waals surface area contributed by atoms with E-state index >= 15 is 0 Å². The van der Waals surface area contributed by atoms with E-state index < -0.39 is 16.1 Å². The van der Waals surface area contributed by atoms with E-state index in [1.807, 2.05) is 6.07 Å². The molecular formula is C10H16N2O3S. The molecular weight excluding hydrogens is 228 g/mol. The molecule has 90 valence electrons. The van der Waals surface area contributed by atoms with Crippen LogP contribution in [0.1, 0.15) is 12.6 Å². The Balaban J connectivity index is 2.49. The third kappa shape index (κ3) is 4.69. The van der Waals surface area contributed by atoms with Gasteiger partial charge in [-0.25, -0.2) is 13.1 Å². The van der Waals surface area contributed by atoms with Gasteiger partial charge < -0.3 is 5.11 Å². The lowest BCUT2D eigenvalue weighted by Gasteiger charge is -2.10. The monoisotopic (exact) mass is 244 g/mol. The number of aryl methyl sites for hydroxylation is 1. The Kier molecular flexibility index (Phi) is 4.85. The highest BCUT2D eigenvalue weighted by Crippen LogP contribution is 1.98. The lowest BCUT2D eigenvalue weighted by Crippen LogP contribution is -2.37. The molecule has 0 aliphatic carbocycles. The van der Waals surface area contributed by atoms with E-state index in [-0.39, 0.29) is 12.4 Å². The van der Waals surface area contributed by atoms with Crippen LogP contribution in [0.2, 0.25) is 0 Å². The van der Waals surface area contributed by atoms with E-state index in [0.29, 0.717) is 6.42 Å². The van der Waals surface area contributed by atoms with Crippen LogP contribution in [0, 0.1) is 0 Å². The summed E-state index contributed by atoms with van der Waals surface area (Å²) < 4.78 is 25.4. The Labute approximate surface area is 95.6 Å². The first-order chi connectivity index (χ1) is 7.53. The molecule has 0 amide bonds. The summed E-state index contributed by atoms with van der Waals surface area (Å²) in [4.78, 5) is 4.04. The van der Waals surface area contributed by atoms with Gasteiger partial charge in [0.2, 0.25) is 10.0 Å². The van der Waals surface area contributed by atoms with Crippen LogP contribution in [0.4, 0.5) is 0 Å². The number of pyridine rings is 1. The van der Waals surface area contributed by atoms with Crippen molar-refractivity contribution in [1.29, 1.82) is 0 Å². The fourth-order valence-electron chi connectivity index (χ4n) is 1.19. The van der Waals surface area contributed by atoms with Crippen LogP contribution in [0.5, 0.6) is 0 Å². The first-order valence-electron chi connectivity index (χ1n) is 5.04. The summed E-state index contributed by atoms with van der Waals surface area (Å²) in [5.74, 6) is -0.0195. The second-order valence-corrected chi connectivity index (χ2v) is 5.46. The highest BCUT2D eigenvalue weighted by Gasteiger charge is 2.13. The van der Waals surface area contributed by atoms with E-state index in [2.05, 4.69) is 9.71 Å². The van der Waals surface area contributed by atoms with E-state index in [9.17, 15) is 8.42 Å². The van der Waals surface area contributed by atoms with Crippen LogP contribution < -0.4 is 4.72 Å². The first kappa shape index (κ1) is 13.1. The Morgan fingerprint density at radius 1 is 1.50 bits per heavy atom. The Hall–Kier alpha value is -0.980. The van der Waals surface area contributed by atoms with Crippen LogP contribution >= 0.6 is 0 Å². The molecule has 0 aliphatic rings. The quantitative estimate of drug-likeness (QED) is 0.734. The van der Waals surface area contributed by atoms with E-state index in [0.717, 1.165) is 5.69 Å². The lowest BCUT2D eigenvalue weighted by atomic mass is 10.3. The van der Waals surface area contributed by atoms with Crippen molar-refractivity contribution in [1.82, 2.24) is 9.71 Å². The largest absolute Gasteiger partial charge is 0.395 e. The van der Waals surface area contributed by atoms with Crippen LogP contribution in [0.25, 0.3) is 0 Å². The second kappa shape index (κ2) is 5.93. The van der Waals surface area contributed by atoms with Crippen molar-refractivity contribution in [3.8, 4) is 0 Å². The standard InChI is InChI=1S/C10H16N2O3S/c1-9(8-13)12-16(14,15)7-5-10-4-2-3-6-11-10/h2-4,6,9,12-13H,5,7-8H2,1H3/t9-/m1/s1. The zero-order valence-corrected chi connectivity index (χ0v) is 9.94. The molecule has 1 heterocycles. The molecule has 0 bridgehead atoms. The Morgan fingerprint density at radius 3 is 2.81 bits per heavy atom. The van der Waals surface area contributed by atoms with Crippen molar-refractivity contribution in [2.75, 3.05) is 12.4 Å². The minimum absolute atomic E-state index is 0.0195. The maximum Gasteiger partial charge on any atom is 0.212 e. The average Bonchev–Trinajstić information content (AvgIpc) is 2.27. The molecule has 0 radical (unpaired) electrons. The predicted octanol–water partition coefficient (Wildman–Crippen LogP) is -0.0757. The SMILES string of the molecule is C[C@H](CO)NS(=O)(=O)CCc1ccccn1. The first-order valence-corrected chi connectivity index (χ1v) is 6.69. The predicted molar refractivity (Wildman–Crippen MR) is 61.4 cm³/mol. The second-order valence-electron chi connectivity index (χ2n) is 3.59. The topological polar surface area (TPSA) is 79.3 Å². The van der Waals surface area contributed by atoms with Crippen molar-refractivity contribution in [3.63, 3.8) is 0 Å². The zero-order valence-electron chi connectivity index (χ0n) is 9.13. The molecule has 1 atom stereocenters. The van der Waals surface area contributed by atoms with Crippen molar-refractivity contribution >= 4 is 10.0 Å². The average molecular weight is 244 g/mol. The van der Waals surface area contributed by atoms with Crippen molar-refractivity contribution in [2.24, 2.45) is 0 Å². The molecule has 2 N–H and O–H groups in total. The summed E-state index contributed by atoms with van der Waals surface area (Å²) in [5, 5.41) is 8.74. The lowest BCUT2D eigenvalue weighted by molar-refractivity contribution is 0.265. The van der Waals surface area contributed by atoms with Crippen LogP contribution in [-0.4, -0.2) is 36.9 Å². The summed E-state index contributed by atoms with van der Waals surface area (Å²) >= 11 is 0. The number of aliphatic hydroxyl groups excluding tert-OH is 1. The molecule has 1 aromatic rings. The number of hydrogen-bond acceptors (Lipinski definition) is 4. The maximum atomic E-state index is 11.5. The third-order valence-corrected chi connectivity index (χ3v) is 3.51. The number of nitrogens with one attached hydrogen (secondary N) is 1. The molecule has 0 fully saturated rings. The summed E-state index contributed by atoms with van der Waals surface area (Å²) in [6, 6.07) is 4.93. The van der Waals surface area contributed by atoms with Crippen molar-refractivity contribution in [2.45, 2.75) is 19.4 Å². The molecule has 1 rings (SSSR count). The van der Waals surface area contributed by atoms with Gasteiger partial charge in [0.15, 0.2) is 0 Å². The number of aromatic nitrogens is 1. The zero-order chi connectivity index (χ0) is 12.0. The van der Waals surface area contributed by atoms with Gasteiger partial charge in [-0.1, -0.05) is 6.07 Å². The Morgan fingerprint density at radius 2 is 2.25 bits per heavy atom. The molecule has 16 heavy (non-hydrogen) atoms. The van der Waals surface area contributed by atoms with Crippen LogP contribution in [0.3, 0.4) is 0 Å². The molecule has 0 saturated heterocycles. The minimum Gasteiger partial charge on any atom is -0.395 e. The number of sulfonamides is 1. The fraction of sp³-hybridized carbons (Fsp3) is 0.500. The summed E-state index contributed by atoms with van der Waals surface area (Å²) in [6.07, 6.45) is 2.00. The van der Waals surface area contributed by atoms with Gasteiger partial charge in [-0.05, 0) is 19.1 Å². The van der Waals surface area contributed by atoms with Gasteiger partial charge in [0, 0.05) is 24.4 Å². The van der Waals surface area contributed by atoms with Crippen molar-refractivity contribution < 1.29 is 13.5 Å². The van der Waals surface area contributed by atoms with Gasteiger partial charge in [-0.3, -0.25) is 4.98 Å². The van der Waals surface area contributed by atoms with Gasteiger partial charge in [-0.15, -0.1) is 0 Å². The number of aliphatic hydroxyl groups is 1. The van der Waals surface area contributed by atoms with E-state index in [1.54, 1.807) is 25.3 Å². The molecule has 0 spiro atoms. The van der Waals surface area contributed by atoms with E-state index in [1.165, 1.54) is 0 Å². The molecule has 1 aromatic heterocycles. The molecule has 0 saturated carbocycles. The number of hydrogen-bond donors (Lipinski definition) is 2. The molecule has 5 nitrogen and oxygen atoms in total. The van der Waals surface area contributed by atoms with Crippen LogP contribution in [-0.2, 0) is 16.4 Å². The number of rotatable bonds is 6. The van der Waals surface area contributed by atoms with Gasteiger partial charge in [-0.2, -0.15) is 0 Å². The Bertz CT molecular complexity index is 405. The summed E-state index contributed by atoms with van der Waals surface area (Å²) in [5.41, 5.74) is 0.740. The van der Waals surface area contributed by atoms with Crippen LogP contribution in [0.15, 0.2) is 24.4 Å². The smallest absolute Gasteiger partial charge is 0.212 e. The fourth-order valence-corrected chi connectivity index (χ4v) is 2.47. The minimum atomic E-state index is -3.34. The summed E-state index contributed by atoms with van der Waals surface area (Å²) in [6.45, 7) is 1.40. The number of nitrogens with zero attached hydrogens (tertiary/aromatic N) is 1. The molecule has 0 aromatic carbocycles. The summed E-state index contributed by atoms with van der Waals surface area (Å²) in [7, 11) is -3.34. The normalized spacial score (nSPS) is 13.6. The molecule has 0 aliphatic heterocycles. The van der Waals surface area contributed by atoms with Gasteiger partial charge in [0.1, 0.15) is 0 Å². The van der Waals surface area contributed by atoms with E-state index in [4.69, 9.17) is 5.11 Å². The van der Waals surface area contributed by atoms with Gasteiger partial charge in [0.25, 0.3) is 0 Å². The van der Waals surface area contributed by atoms with Gasteiger partial charge in [0.05, 0.1) is 12.4 Å².